The van der Waals surface area contributed by atoms with Gasteiger partial charge in [-0.1, -0.05) is 30.3 Å². The molecule has 1 aliphatic rings. The number of hydrogen-bond acceptors (Lipinski definition) is 4. The second-order valence-corrected chi connectivity index (χ2v) is 5.50. The van der Waals surface area contributed by atoms with E-state index in [-0.39, 0.29) is 12.4 Å². The van der Waals surface area contributed by atoms with E-state index in [1.165, 1.54) is 6.07 Å². The molecule has 0 aliphatic carbocycles. The molecule has 2 aromatic carbocycles. The number of guanidine groups is 1. The van der Waals surface area contributed by atoms with Gasteiger partial charge in [0.25, 0.3) is 0 Å². The second kappa shape index (κ2) is 7.13. The van der Waals surface area contributed by atoms with Crippen molar-refractivity contribution in [1.29, 1.82) is 0 Å². The molecular formula is C18H20FN3O. The highest BCUT2D eigenvalue weighted by Gasteiger charge is 2.11. The maximum Gasteiger partial charge on any atom is 0.194 e. The first kappa shape index (κ1) is 15.3. The summed E-state index contributed by atoms with van der Waals surface area (Å²) in [5.74, 6) is 1.42. The maximum absolute atomic E-state index is 13.5. The molecule has 0 radical (unpaired) electrons. The van der Waals surface area contributed by atoms with Crippen molar-refractivity contribution in [3.63, 3.8) is 0 Å². The van der Waals surface area contributed by atoms with Crippen molar-refractivity contribution in [2.24, 2.45) is 4.99 Å². The Kier molecular flexibility index (Phi) is 4.76. The number of nitrogens with one attached hydrogen (secondary N) is 1. The lowest BCUT2D eigenvalue weighted by Crippen LogP contribution is -2.35. The number of aliphatic imine (C=N–C) groups is 1. The SMILES string of the molecule is CN1CCN=C1NCc1ccc(OCc2ccccc2F)cc1. The first-order valence-electron chi connectivity index (χ1n) is 7.67. The molecule has 0 bridgehead atoms. The van der Waals surface area contributed by atoms with Crippen LogP contribution in [0.2, 0.25) is 0 Å². The smallest absolute Gasteiger partial charge is 0.194 e. The van der Waals surface area contributed by atoms with Crippen LogP contribution in [-0.4, -0.2) is 31.0 Å². The Morgan fingerprint density at radius 2 is 1.96 bits per heavy atom. The summed E-state index contributed by atoms with van der Waals surface area (Å²) in [6.07, 6.45) is 0. The van der Waals surface area contributed by atoms with Gasteiger partial charge in [0, 0.05) is 25.7 Å². The van der Waals surface area contributed by atoms with Crippen molar-refractivity contribution in [3.05, 3.63) is 65.5 Å². The quantitative estimate of drug-likeness (QED) is 0.922. The monoisotopic (exact) mass is 313 g/mol. The largest absolute Gasteiger partial charge is 0.489 e. The fraction of sp³-hybridized carbons (Fsp3) is 0.278. The van der Waals surface area contributed by atoms with E-state index in [1.807, 2.05) is 31.3 Å². The molecule has 5 heteroatoms. The van der Waals surface area contributed by atoms with E-state index >= 15 is 0 Å². The van der Waals surface area contributed by atoms with Crippen LogP contribution < -0.4 is 10.1 Å². The molecule has 0 atom stereocenters. The summed E-state index contributed by atoms with van der Waals surface area (Å²) in [6.45, 7) is 2.76. The molecule has 23 heavy (non-hydrogen) atoms. The van der Waals surface area contributed by atoms with Crippen molar-refractivity contribution >= 4 is 5.96 Å². The van der Waals surface area contributed by atoms with Crippen LogP contribution in [0.25, 0.3) is 0 Å². The minimum absolute atomic E-state index is 0.228. The van der Waals surface area contributed by atoms with E-state index in [4.69, 9.17) is 4.74 Å². The van der Waals surface area contributed by atoms with Gasteiger partial charge in [-0.2, -0.15) is 0 Å². The van der Waals surface area contributed by atoms with Gasteiger partial charge in [0.1, 0.15) is 18.2 Å². The van der Waals surface area contributed by atoms with Crippen LogP contribution in [0.1, 0.15) is 11.1 Å². The molecule has 120 valence electrons. The Morgan fingerprint density at radius 3 is 2.65 bits per heavy atom. The molecule has 0 saturated heterocycles. The molecular weight excluding hydrogens is 293 g/mol. The molecule has 1 heterocycles. The van der Waals surface area contributed by atoms with E-state index in [0.29, 0.717) is 5.56 Å². The molecule has 4 nitrogen and oxygen atoms in total. The highest BCUT2D eigenvalue weighted by atomic mass is 19.1. The number of hydrogen-bond donors (Lipinski definition) is 1. The van der Waals surface area contributed by atoms with Crippen LogP contribution in [0.3, 0.4) is 0 Å². The van der Waals surface area contributed by atoms with Crippen LogP contribution in [0, 0.1) is 5.82 Å². The minimum atomic E-state index is -0.241. The molecule has 1 aliphatic heterocycles. The Bertz CT molecular complexity index is 685. The molecule has 0 unspecified atom stereocenters. The van der Waals surface area contributed by atoms with Crippen LogP contribution >= 0.6 is 0 Å². The fourth-order valence-electron chi connectivity index (χ4n) is 2.38. The van der Waals surface area contributed by atoms with Crippen molar-refractivity contribution in [3.8, 4) is 5.75 Å². The second-order valence-electron chi connectivity index (χ2n) is 5.50. The number of nitrogens with zero attached hydrogens (tertiary/aromatic N) is 2. The summed E-state index contributed by atoms with van der Waals surface area (Å²) in [4.78, 5) is 6.49. The number of benzene rings is 2. The topological polar surface area (TPSA) is 36.9 Å². The third-order valence-corrected chi connectivity index (χ3v) is 3.78. The van der Waals surface area contributed by atoms with Crippen molar-refractivity contribution < 1.29 is 9.13 Å². The highest BCUT2D eigenvalue weighted by Crippen LogP contribution is 2.15. The lowest BCUT2D eigenvalue weighted by atomic mass is 10.2. The molecule has 2 aromatic rings. The number of rotatable bonds is 5. The normalized spacial score (nSPS) is 13.8. The van der Waals surface area contributed by atoms with Gasteiger partial charge in [0.05, 0.1) is 6.54 Å². The molecule has 0 fully saturated rings. The van der Waals surface area contributed by atoms with Crippen molar-refractivity contribution in [2.75, 3.05) is 20.1 Å². The van der Waals surface area contributed by atoms with Gasteiger partial charge in [-0.05, 0) is 23.8 Å². The van der Waals surface area contributed by atoms with Gasteiger partial charge in [-0.25, -0.2) is 4.39 Å². The fourth-order valence-corrected chi connectivity index (χ4v) is 2.38. The van der Waals surface area contributed by atoms with Gasteiger partial charge < -0.3 is 15.0 Å². The van der Waals surface area contributed by atoms with Crippen LogP contribution in [0.5, 0.6) is 5.75 Å². The molecule has 3 rings (SSSR count). The first-order valence-corrected chi connectivity index (χ1v) is 7.67. The third kappa shape index (κ3) is 4.00. The standard InChI is InChI=1S/C18H20FN3O/c1-22-11-10-20-18(22)21-12-14-6-8-16(9-7-14)23-13-15-4-2-3-5-17(15)19/h2-9H,10-13H2,1H3,(H,20,21). The Morgan fingerprint density at radius 1 is 1.17 bits per heavy atom. The average molecular weight is 313 g/mol. The summed E-state index contributed by atoms with van der Waals surface area (Å²) in [5, 5.41) is 3.32. The maximum atomic E-state index is 13.5. The average Bonchev–Trinajstić information content (AvgIpc) is 2.98. The zero-order valence-electron chi connectivity index (χ0n) is 13.1. The van der Waals surface area contributed by atoms with Gasteiger partial charge >= 0.3 is 0 Å². The number of halogens is 1. The molecule has 0 aromatic heterocycles. The Labute approximate surface area is 135 Å². The van der Waals surface area contributed by atoms with E-state index < -0.39 is 0 Å². The molecule has 1 N–H and O–H groups in total. The molecule has 0 amide bonds. The van der Waals surface area contributed by atoms with Gasteiger partial charge in [-0.3, -0.25) is 4.99 Å². The van der Waals surface area contributed by atoms with Crippen LogP contribution in [-0.2, 0) is 13.2 Å². The van der Waals surface area contributed by atoms with Gasteiger partial charge in [0.15, 0.2) is 5.96 Å². The zero-order chi connectivity index (χ0) is 16.1. The van der Waals surface area contributed by atoms with Gasteiger partial charge in [0.2, 0.25) is 0 Å². The summed E-state index contributed by atoms with van der Waals surface area (Å²) in [5.41, 5.74) is 1.70. The van der Waals surface area contributed by atoms with E-state index in [2.05, 4.69) is 15.2 Å². The van der Waals surface area contributed by atoms with Crippen molar-refractivity contribution in [1.82, 2.24) is 10.2 Å². The molecule has 0 spiro atoms. The number of ether oxygens (including phenoxy) is 1. The highest BCUT2D eigenvalue weighted by molar-refractivity contribution is 5.81. The summed E-state index contributed by atoms with van der Waals surface area (Å²) < 4.78 is 19.2. The summed E-state index contributed by atoms with van der Waals surface area (Å²) in [7, 11) is 2.03. The lowest BCUT2D eigenvalue weighted by Gasteiger charge is -2.15. The number of likely N-dealkylation sites (N-methyl/N-ethyl adjacent to an activating group) is 1. The first-order chi connectivity index (χ1) is 11.2. The molecule has 0 saturated carbocycles. The Balaban J connectivity index is 1.52. The van der Waals surface area contributed by atoms with Crippen LogP contribution in [0.15, 0.2) is 53.5 Å². The predicted molar refractivity (Wildman–Crippen MR) is 88.9 cm³/mol. The van der Waals surface area contributed by atoms with Gasteiger partial charge in [-0.15, -0.1) is 0 Å². The summed E-state index contributed by atoms with van der Waals surface area (Å²) >= 11 is 0. The lowest BCUT2D eigenvalue weighted by molar-refractivity contribution is 0.300. The van der Waals surface area contributed by atoms with E-state index in [1.54, 1.807) is 18.2 Å². The third-order valence-electron chi connectivity index (χ3n) is 3.78. The van der Waals surface area contributed by atoms with E-state index in [0.717, 1.165) is 36.9 Å². The minimum Gasteiger partial charge on any atom is -0.489 e. The van der Waals surface area contributed by atoms with E-state index in [9.17, 15) is 4.39 Å². The Hall–Kier alpha value is -2.56. The predicted octanol–water partition coefficient (Wildman–Crippen LogP) is 2.80. The zero-order valence-corrected chi connectivity index (χ0v) is 13.1. The summed E-state index contributed by atoms with van der Waals surface area (Å²) in [6, 6.07) is 14.4. The van der Waals surface area contributed by atoms with Crippen LogP contribution in [0.4, 0.5) is 4.39 Å². The van der Waals surface area contributed by atoms with Crippen molar-refractivity contribution in [2.45, 2.75) is 13.2 Å².